The maximum Gasteiger partial charge on any atom is 0.359 e. The van der Waals surface area contributed by atoms with Gasteiger partial charge in [0, 0.05) is 12.3 Å². The van der Waals surface area contributed by atoms with Crippen LogP contribution in [0.3, 0.4) is 0 Å². The van der Waals surface area contributed by atoms with Gasteiger partial charge in [-0.3, -0.25) is 19.2 Å². The molecule has 14 heteroatoms. The van der Waals surface area contributed by atoms with Crippen LogP contribution < -0.4 is 0 Å². The van der Waals surface area contributed by atoms with Crippen LogP contribution >= 0.6 is 12.2 Å². The molecule has 44 heavy (non-hydrogen) atoms. The lowest BCUT2D eigenvalue weighted by Gasteiger charge is -2.60. The van der Waals surface area contributed by atoms with Gasteiger partial charge in [-0.05, 0) is 64.9 Å². The molecule has 1 unspecified atom stereocenters. The number of aliphatic hydroxyl groups is 1. The number of rotatable bonds is 15. The summed E-state index contributed by atoms with van der Waals surface area (Å²) in [6.07, 6.45) is -2.26. The average Bonchev–Trinajstić information content (AvgIpc) is 2.87. The highest BCUT2D eigenvalue weighted by Crippen LogP contribution is 2.50. The van der Waals surface area contributed by atoms with E-state index in [2.05, 4.69) is 0 Å². The van der Waals surface area contributed by atoms with Crippen molar-refractivity contribution in [3.8, 4) is 0 Å². The summed E-state index contributed by atoms with van der Waals surface area (Å²) in [5.74, 6) is -6.84. The van der Waals surface area contributed by atoms with Gasteiger partial charge in [0.15, 0.2) is 15.0 Å². The molecule has 1 aliphatic rings. The Morgan fingerprint density at radius 3 is 1.82 bits per heavy atom. The summed E-state index contributed by atoms with van der Waals surface area (Å²) in [6.45, 7) is 20.7. The summed E-state index contributed by atoms with van der Waals surface area (Å²) in [4.78, 5) is 65.4. The van der Waals surface area contributed by atoms with E-state index in [1.165, 1.54) is 0 Å². The van der Waals surface area contributed by atoms with Crippen LogP contribution in [-0.2, 0) is 47.3 Å². The summed E-state index contributed by atoms with van der Waals surface area (Å²) in [5.41, 5.74) is -2.45. The highest BCUT2D eigenvalue weighted by Gasteiger charge is 2.64. The fourth-order valence-electron chi connectivity index (χ4n) is 4.98. The van der Waals surface area contributed by atoms with E-state index < -0.39 is 92.1 Å². The van der Waals surface area contributed by atoms with Crippen LogP contribution in [0.1, 0.15) is 75.7 Å². The Bertz CT molecular complexity index is 1070. The molecule has 0 aliphatic carbocycles. The number of aliphatic hydroxyl groups excluding tert-OH is 1. The molecule has 0 aromatic carbocycles. The van der Waals surface area contributed by atoms with E-state index in [4.69, 9.17) is 35.6 Å². The number of amides is 1. The van der Waals surface area contributed by atoms with Gasteiger partial charge in [-0.1, -0.05) is 39.9 Å². The molecule has 0 aromatic rings. The number of ether oxygens (including phenoxy) is 4. The second kappa shape index (κ2) is 15.7. The lowest BCUT2D eigenvalue weighted by molar-refractivity contribution is -0.219. The fraction of sp³-hybridized carbons (Fsp3) is 0.800. The van der Waals surface area contributed by atoms with Gasteiger partial charge in [-0.25, -0.2) is 4.79 Å². The molecule has 5 atom stereocenters. The molecule has 0 bridgehead atoms. The first kappa shape index (κ1) is 39.6. The maximum absolute atomic E-state index is 13.9. The second-order valence-corrected chi connectivity index (χ2v) is 16.2. The molecule has 1 amide bonds. The SMILES string of the molecule is CCOC(=O)C(CC(=S)[C@H](C)[C@@H]1[C@@H]([C@@](C)(O[SiH](C)C)C(C)(C)C)C(=O)N1C(O)C(=O)OCOC(=O)C(C)(C)C)C(=O)OCC. The zero-order valence-corrected chi connectivity index (χ0v) is 30.1. The van der Waals surface area contributed by atoms with E-state index in [1.54, 1.807) is 41.5 Å². The Labute approximate surface area is 268 Å². The molecular formula is C30H51NO11SSi. The summed E-state index contributed by atoms with van der Waals surface area (Å²) >= 11 is 5.73. The molecular weight excluding hydrogens is 610 g/mol. The number of likely N-dealkylation sites (tertiary alicyclic amines) is 1. The first-order valence-electron chi connectivity index (χ1n) is 14.9. The number of carbonyl (C=O) groups is 5. The van der Waals surface area contributed by atoms with Crippen molar-refractivity contribution in [2.45, 2.75) is 107 Å². The molecule has 1 fully saturated rings. The topological polar surface area (TPSA) is 155 Å². The molecule has 1 aliphatic heterocycles. The van der Waals surface area contributed by atoms with Crippen molar-refractivity contribution in [2.75, 3.05) is 20.0 Å². The zero-order valence-electron chi connectivity index (χ0n) is 28.2. The van der Waals surface area contributed by atoms with E-state index in [-0.39, 0.29) is 24.5 Å². The monoisotopic (exact) mass is 661 g/mol. The van der Waals surface area contributed by atoms with Gasteiger partial charge in [-0.2, -0.15) is 0 Å². The second-order valence-electron chi connectivity index (χ2n) is 13.4. The highest BCUT2D eigenvalue weighted by molar-refractivity contribution is 7.80. The quantitative estimate of drug-likeness (QED) is 0.0521. The Hall–Kier alpha value is -2.42. The first-order chi connectivity index (χ1) is 20.1. The maximum atomic E-state index is 13.9. The van der Waals surface area contributed by atoms with Crippen molar-refractivity contribution < 1.29 is 52.5 Å². The molecule has 1 N–H and O–H groups in total. The van der Waals surface area contributed by atoms with Crippen LogP contribution in [0.4, 0.5) is 0 Å². The van der Waals surface area contributed by atoms with Gasteiger partial charge in [0.05, 0.1) is 36.2 Å². The van der Waals surface area contributed by atoms with Crippen molar-refractivity contribution in [2.24, 2.45) is 28.6 Å². The number of nitrogens with zero attached hydrogens (tertiary/aromatic N) is 1. The number of β-lactam (4-membered cyclic amide) rings is 1. The van der Waals surface area contributed by atoms with Gasteiger partial charge in [0.1, 0.15) is 0 Å². The summed E-state index contributed by atoms with van der Waals surface area (Å²) in [5, 5.41) is 11.1. The van der Waals surface area contributed by atoms with Gasteiger partial charge < -0.3 is 33.4 Å². The molecule has 0 radical (unpaired) electrons. The summed E-state index contributed by atoms with van der Waals surface area (Å²) < 4.78 is 26.6. The van der Waals surface area contributed by atoms with Gasteiger partial charge >= 0.3 is 23.9 Å². The lowest BCUT2D eigenvalue weighted by Crippen LogP contribution is -2.76. The predicted molar refractivity (Wildman–Crippen MR) is 168 cm³/mol. The Balaban J connectivity index is 3.47. The minimum Gasteiger partial charge on any atom is -0.465 e. The van der Waals surface area contributed by atoms with E-state index in [9.17, 15) is 29.1 Å². The van der Waals surface area contributed by atoms with Crippen molar-refractivity contribution in [1.82, 2.24) is 4.90 Å². The summed E-state index contributed by atoms with van der Waals surface area (Å²) in [6, 6.07) is -0.878. The highest BCUT2D eigenvalue weighted by atomic mass is 32.1. The lowest BCUT2D eigenvalue weighted by atomic mass is 9.61. The molecule has 0 aromatic heterocycles. The fourth-order valence-corrected chi connectivity index (χ4v) is 6.77. The van der Waals surface area contributed by atoms with Crippen LogP contribution in [0.15, 0.2) is 0 Å². The number of hydrogen-bond donors (Lipinski definition) is 1. The third-order valence-corrected chi connectivity index (χ3v) is 9.29. The molecule has 1 heterocycles. The van der Waals surface area contributed by atoms with E-state index in [1.807, 2.05) is 40.8 Å². The number of carbonyl (C=O) groups excluding carboxylic acids is 5. The normalized spacial score (nSPS) is 19.9. The van der Waals surface area contributed by atoms with Crippen LogP contribution in [0, 0.1) is 28.6 Å². The van der Waals surface area contributed by atoms with Crippen molar-refractivity contribution in [1.29, 1.82) is 0 Å². The molecule has 1 saturated heterocycles. The Kier molecular flexibility index (Phi) is 14.2. The Morgan fingerprint density at radius 2 is 1.41 bits per heavy atom. The van der Waals surface area contributed by atoms with Crippen molar-refractivity contribution in [3.63, 3.8) is 0 Å². The molecule has 0 spiro atoms. The van der Waals surface area contributed by atoms with Gasteiger partial charge in [0.25, 0.3) is 0 Å². The third kappa shape index (κ3) is 9.30. The number of hydrogen-bond acceptors (Lipinski definition) is 12. The van der Waals surface area contributed by atoms with Crippen LogP contribution in [0.25, 0.3) is 0 Å². The van der Waals surface area contributed by atoms with Crippen molar-refractivity contribution >= 4 is 55.9 Å². The molecule has 12 nitrogen and oxygen atoms in total. The minimum absolute atomic E-state index is 0.0454. The smallest absolute Gasteiger partial charge is 0.359 e. The van der Waals surface area contributed by atoms with Gasteiger partial charge in [0.2, 0.25) is 18.9 Å². The Morgan fingerprint density at radius 1 is 0.909 bits per heavy atom. The summed E-state index contributed by atoms with van der Waals surface area (Å²) in [7, 11) is -1.74. The largest absolute Gasteiger partial charge is 0.465 e. The molecule has 1 rings (SSSR count). The standard InChI is InChI=1S/C30H51NO11SSi/c1-13-38-24(34)18(25(35)39-14-2)15-19(43)17(3)21-20(30(10,29(7,8)9)42-44(11)12)22(32)31(21)23(33)26(36)40-16-41-27(37)28(4,5)6/h17-18,20-21,23,33,44H,13-16H2,1-12H3/t17-,20+,21+,23?,30+/m0/s1. The first-order valence-corrected chi connectivity index (χ1v) is 18.1. The van der Waals surface area contributed by atoms with Crippen LogP contribution in [0.5, 0.6) is 0 Å². The van der Waals surface area contributed by atoms with E-state index in [0.29, 0.717) is 0 Å². The van der Waals surface area contributed by atoms with E-state index in [0.717, 1.165) is 4.90 Å². The number of thiocarbonyl (C=S) groups is 1. The third-order valence-electron chi connectivity index (χ3n) is 7.79. The minimum atomic E-state index is -2.05. The van der Waals surface area contributed by atoms with Gasteiger partial charge in [-0.15, -0.1) is 0 Å². The van der Waals surface area contributed by atoms with Crippen LogP contribution in [0.2, 0.25) is 13.1 Å². The molecule has 252 valence electrons. The average molecular weight is 662 g/mol. The molecule has 0 saturated carbocycles. The van der Waals surface area contributed by atoms with Crippen LogP contribution in [-0.4, -0.2) is 91.6 Å². The van der Waals surface area contributed by atoms with E-state index >= 15 is 0 Å². The number of esters is 4. The zero-order chi connectivity index (χ0) is 34.4. The predicted octanol–water partition coefficient (Wildman–Crippen LogP) is 3.17. The van der Waals surface area contributed by atoms with Crippen molar-refractivity contribution in [3.05, 3.63) is 0 Å².